The van der Waals surface area contributed by atoms with Crippen molar-refractivity contribution >= 4 is 12.1 Å². The first-order chi connectivity index (χ1) is 16.2. The number of aliphatic hydroxyl groups is 1. The smallest absolute Gasteiger partial charge is 0.167 e. The molecule has 1 N–H and O–H groups in total. The van der Waals surface area contributed by atoms with Gasteiger partial charge < -0.3 is 14.6 Å². The van der Waals surface area contributed by atoms with Gasteiger partial charge in [0, 0.05) is 37.5 Å². The highest BCUT2D eigenvalue weighted by molar-refractivity contribution is 5.97. The third-order valence-electron chi connectivity index (χ3n) is 4.84. The quantitative estimate of drug-likeness (QED) is 0.206. The molecule has 0 atom stereocenters. The molecule has 0 fully saturated rings. The van der Waals surface area contributed by atoms with Crippen molar-refractivity contribution in [2.75, 3.05) is 13.7 Å². The van der Waals surface area contributed by atoms with Gasteiger partial charge in [0.05, 0.1) is 6.61 Å². The van der Waals surface area contributed by atoms with E-state index in [0.717, 1.165) is 55.1 Å². The van der Waals surface area contributed by atoms with Crippen molar-refractivity contribution < 1.29 is 19.4 Å². The Morgan fingerprint density at radius 1 is 0.909 bits per heavy atom. The number of carbonyl (C=O) groups is 2. The summed E-state index contributed by atoms with van der Waals surface area (Å²) < 4.78 is 5.76. The standard InChI is InChI=1S/C28H26O3.CH4O/c29-20-7-11-24-14-12-23(13-15-24)8-5-2-6-21-31-27-18-16-26(17-19-27)28(30)22-25-9-3-1-4-10-25;1-2/h1,3-4,9-10,12-20H,2,6-7,11,21-22H2;2H,1H3. The molecule has 0 aliphatic carbocycles. The molecule has 4 nitrogen and oxygen atoms in total. The summed E-state index contributed by atoms with van der Waals surface area (Å²) in [6, 6.07) is 25.1. The zero-order chi connectivity index (χ0) is 23.7. The molecule has 0 radical (unpaired) electrons. The second kappa shape index (κ2) is 15.2. The SMILES string of the molecule is CO.O=CCCc1ccc(C#CCCCOc2ccc(C(=O)Cc3ccccc3)cc2)cc1. The number of aliphatic hydroxyl groups excluding tert-OH is 1. The molecule has 3 rings (SSSR count). The van der Waals surface area contributed by atoms with Crippen LogP contribution in [0.1, 0.15) is 46.3 Å². The molecule has 0 unspecified atom stereocenters. The number of aryl methyl sites for hydroxylation is 1. The number of ether oxygens (including phenoxy) is 1. The molecule has 4 heteroatoms. The van der Waals surface area contributed by atoms with E-state index >= 15 is 0 Å². The van der Waals surface area contributed by atoms with E-state index in [1.165, 1.54) is 0 Å². The molecule has 0 amide bonds. The summed E-state index contributed by atoms with van der Waals surface area (Å²) in [6.45, 7) is 0.580. The summed E-state index contributed by atoms with van der Waals surface area (Å²) >= 11 is 0. The van der Waals surface area contributed by atoms with Crippen LogP contribution in [-0.4, -0.2) is 30.9 Å². The van der Waals surface area contributed by atoms with Crippen LogP contribution in [0.3, 0.4) is 0 Å². The van der Waals surface area contributed by atoms with Gasteiger partial charge in [-0.05, 0) is 60.4 Å². The molecular weight excluding hydrogens is 412 g/mol. The van der Waals surface area contributed by atoms with Gasteiger partial charge >= 0.3 is 0 Å². The molecule has 0 saturated carbocycles. The lowest BCUT2D eigenvalue weighted by molar-refractivity contribution is -0.107. The van der Waals surface area contributed by atoms with Crippen LogP contribution in [0, 0.1) is 11.8 Å². The molecule has 0 saturated heterocycles. The monoisotopic (exact) mass is 442 g/mol. The fourth-order valence-electron chi connectivity index (χ4n) is 3.12. The maximum atomic E-state index is 12.4. The van der Waals surface area contributed by atoms with Gasteiger partial charge in [0.25, 0.3) is 0 Å². The maximum absolute atomic E-state index is 12.4. The fourth-order valence-corrected chi connectivity index (χ4v) is 3.12. The number of hydrogen-bond acceptors (Lipinski definition) is 4. The number of benzene rings is 3. The van der Waals surface area contributed by atoms with E-state index in [4.69, 9.17) is 9.84 Å². The normalized spacial score (nSPS) is 9.64. The minimum Gasteiger partial charge on any atom is -0.494 e. The average Bonchev–Trinajstić information content (AvgIpc) is 2.87. The molecule has 0 aliphatic heterocycles. The zero-order valence-electron chi connectivity index (χ0n) is 19.0. The molecule has 0 aliphatic rings. The lowest BCUT2D eigenvalue weighted by Crippen LogP contribution is -2.03. The molecule has 3 aromatic carbocycles. The van der Waals surface area contributed by atoms with Gasteiger partial charge in [0.1, 0.15) is 12.0 Å². The molecule has 33 heavy (non-hydrogen) atoms. The lowest BCUT2D eigenvalue weighted by Gasteiger charge is -2.06. The van der Waals surface area contributed by atoms with Crippen molar-refractivity contribution in [3.8, 4) is 17.6 Å². The maximum Gasteiger partial charge on any atom is 0.167 e. The molecule has 170 valence electrons. The number of unbranched alkanes of at least 4 members (excludes halogenated alkanes) is 1. The number of rotatable bonds is 10. The van der Waals surface area contributed by atoms with Crippen LogP contribution in [0.25, 0.3) is 0 Å². The number of Topliss-reactive ketones (excluding diaryl/α,β-unsaturated/α-hetero) is 1. The van der Waals surface area contributed by atoms with Gasteiger partial charge in [0.2, 0.25) is 0 Å². The van der Waals surface area contributed by atoms with E-state index in [9.17, 15) is 9.59 Å². The second-order valence-corrected chi connectivity index (χ2v) is 7.27. The lowest BCUT2D eigenvalue weighted by atomic mass is 10.0. The summed E-state index contributed by atoms with van der Waals surface area (Å²) in [5, 5.41) is 7.00. The summed E-state index contributed by atoms with van der Waals surface area (Å²) in [5.41, 5.74) is 3.84. The number of hydrogen-bond donors (Lipinski definition) is 1. The number of carbonyl (C=O) groups excluding carboxylic acids is 2. The average molecular weight is 443 g/mol. The van der Waals surface area contributed by atoms with Crippen LogP contribution in [0.15, 0.2) is 78.9 Å². The van der Waals surface area contributed by atoms with Gasteiger partial charge in [-0.2, -0.15) is 0 Å². The summed E-state index contributed by atoms with van der Waals surface area (Å²) in [6.07, 6.45) is 4.25. The summed E-state index contributed by atoms with van der Waals surface area (Å²) in [5.74, 6) is 7.18. The van der Waals surface area contributed by atoms with Crippen molar-refractivity contribution in [3.63, 3.8) is 0 Å². The molecule has 0 heterocycles. The van der Waals surface area contributed by atoms with Crippen LogP contribution >= 0.6 is 0 Å². The van der Waals surface area contributed by atoms with Gasteiger partial charge in [-0.1, -0.05) is 54.3 Å². The van der Waals surface area contributed by atoms with Crippen molar-refractivity contribution in [1.82, 2.24) is 0 Å². The Hall–Kier alpha value is -3.68. The minimum absolute atomic E-state index is 0.102. The Balaban J connectivity index is 0.00000187. The van der Waals surface area contributed by atoms with E-state index in [0.29, 0.717) is 25.0 Å². The molecule has 0 spiro atoms. The van der Waals surface area contributed by atoms with E-state index < -0.39 is 0 Å². The van der Waals surface area contributed by atoms with Crippen molar-refractivity contribution in [2.45, 2.75) is 32.1 Å². The zero-order valence-corrected chi connectivity index (χ0v) is 19.0. The van der Waals surface area contributed by atoms with E-state index in [1.807, 2.05) is 78.9 Å². The van der Waals surface area contributed by atoms with Gasteiger partial charge in [-0.15, -0.1) is 0 Å². The third-order valence-corrected chi connectivity index (χ3v) is 4.84. The number of aldehydes is 1. The highest BCUT2D eigenvalue weighted by atomic mass is 16.5. The highest BCUT2D eigenvalue weighted by Crippen LogP contribution is 2.15. The molecule has 0 bridgehead atoms. The van der Waals surface area contributed by atoms with E-state index in [1.54, 1.807) is 0 Å². The van der Waals surface area contributed by atoms with Crippen LogP contribution in [0.5, 0.6) is 5.75 Å². The minimum atomic E-state index is 0.102. The predicted octanol–water partition coefficient (Wildman–Crippen LogP) is 5.06. The van der Waals surface area contributed by atoms with Crippen LogP contribution in [0.2, 0.25) is 0 Å². The third kappa shape index (κ3) is 9.55. The van der Waals surface area contributed by atoms with Gasteiger partial charge in [-0.25, -0.2) is 0 Å². The van der Waals surface area contributed by atoms with Crippen molar-refractivity contribution in [3.05, 3.63) is 101 Å². The number of ketones is 1. The Kier molecular flexibility index (Phi) is 11.8. The molecule has 3 aromatic rings. The Morgan fingerprint density at radius 2 is 1.61 bits per heavy atom. The van der Waals surface area contributed by atoms with E-state index in [-0.39, 0.29) is 5.78 Å². The summed E-state index contributed by atoms with van der Waals surface area (Å²) in [4.78, 5) is 22.8. The van der Waals surface area contributed by atoms with Gasteiger partial charge in [0.15, 0.2) is 5.78 Å². The first kappa shape index (κ1) is 25.6. The van der Waals surface area contributed by atoms with Crippen molar-refractivity contribution in [1.29, 1.82) is 0 Å². The highest BCUT2D eigenvalue weighted by Gasteiger charge is 2.07. The Morgan fingerprint density at radius 3 is 2.27 bits per heavy atom. The van der Waals surface area contributed by atoms with Crippen LogP contribution < -0.4 is 4.74 Å². The molecular formula is C29H30O4. The Bertz CT molecular complexity index is 1030. The second-order valence-electron chi connectivity index (χ2n) is 7.27. The van der Waals surface area contributed by atoms with Crippen LogP contribution in [0.4, 0.5) is 0 Å². The van der Waals surface area contributed by atoms with E-state index in [2.05, 4.69) is 11.8 Å². The first-order valence-electron chi connectivity index (χ1n) is 11.0. The largest absolute Gasteiger partial charge is 0.494 e. The van der Waals surface area contributed by atoms with Crippen molar-refractivity contribution in [2.24, 2.45) is 0 Å². The molecule has 0 aromatic heterocycles. The topological polar surface area (TPSA) is 63.6 Å². The Labute approximate surface area is 196 Å². The van der Waals surface area contributed by atoms with Crippen LogP contribution in [-0.2, 0) is 17.6 Å². The van der Waals surface area contributed by atoms with Gasteiger partial charge in [-0.3, -0.25) is 4.79 Å². The predicted molar refractivity (Wildman–Crippen MR) is 131 cm³/mol. The fraction of sp³-hybridized carbons (Fsp3) is 0.241. The first-order valence-corrected chi connectivity index (χ1v) is 11.0. The summed E-state index contributed by atoms with van der Waals surface area (Å²) in [7, 11) is 1.00.